The van der Waals surface area contributed by atoms with Gasteiger partial charge in [-0.1, -0.05) is 31.2 Å². The van der Waals surface area contributed by atoms with Crippen molar-refractivity contribution < 1.29 is 37.0 Å². The lowest BCUT2D eigenvalue weighted by atomic mass is 9.87. The summed E-state index contributed by atoms with van der Waals surface area (Å²) in [5, 5.41) is 0.386. The number of carbonyl (C=O) groups excluding carboxylic acids is 2. The second kappa shape index (κ2) is 12.7. The van der Waals surface area contributed by atoms with Gasteiger partial charge in [-0.3, -0.25) is 9.59 Å². The van der Waals surface area contributed by atoms with Crippen LogP contribution in [0.4, 0.5) is 13.2 Å². The second-order valence-electron chi connectivity index (χ2n) is 9.75. The molecule has 0 atom stereocenters. The van der Waals surface area contributed by atoms with E-state index in [0.717, 1.165) is 11.1 Å². The van der Waals surface area contributed by atoms with E-state index in [1.54, 1.807) is 28.7 Å². The number of fused-ring (bicyclic) bond motifs is 1. The molecule has 0 radical (unpaired) electrons. The van der Waals surface area contributed by atoms with E-state index in [-0.39, 0.29) is 48.6 Å². The molecule has 4 rings (SSSR count). The molecule has 1 fully saturated rings. The average molecular weight is 562 g/mol. The predicted octanol–water partition coefficient (Wildman–Crippen LogP) is 5.02. The number of hydrogen-bond donors (Lipinski definition) is 1. The van der Waals surface area contributed by atoms with E-state index in [4.69, 9.17) is 15.2 Å². The SMILES string of the molecule is CCC(=O)COc1ccc(CN)cc1C1CCN(C(=O)c2cn(CCOC)c3c(OC(F)(F)F)cccc23)CC1. The van der Waals surface area contributed by atoms with Crippen molar-refractivity contribution in [1.82, 2.24) is 9.47 Å². The molecule has 2 heterocycles. The molecule has 11 heteroatoms. The van der Waals surface area contributed by atoms with Crippen molar-refractivity contribution in [2.45, 2.75) is 51.6 Å². The molecule has 8 nitrogen and oxygen atoms in total. The number of aromatic nitrogens is 1. The lowest BCUT2D eigenvalue weighted by Gasteiger charge is -2.33. The Morgan fingerprint density at radius 3 is 2.50 bits per heavy atom. The van der Waals surface area contributed by atoms with Gasteiger partial charge in [0.25, 0.3) is 5.91 Å². The molecule has 1 aliphatic rings. The molecular weight excluding hydrogens is 527 g/mol. The maximum atomic E-state index is 13.7. The molecule has 40 heavy (non-hydrogen) atoms. The molecule has 1 aliphatic heterocycles. The fourth-order valence-corrected chi connectivity index (χ4v) is 5.07. The van der Waals surface area contributed by atoms with Gasteiger partial charge in [-0.15, -0.1) is 13.2 Å². The van der Waals surface area contributed by atoms with Crippen LogP contribution in [0.1, 0.15) is 53.6 Å². The van der Waals surface area contributed by atoms with E-state index in [2.05, 4.69) is 4.74 Å². The molecule has 1 aromatic heterocycles. The van der Waals surface area contributed by atoms with Crippen molar-refractivity contribution in [3.63, 3.8) is 0 Å². The fraction of sp³-hybridized carbons (Fsp3) is 0.448. The van der Waals surface area contributed by atoms with E-state index >= 15 is 0 Å². The minimum absolute atomic E-state index is 0.00252. The minimum atomic E-state index is -4.87. The normalized spacial score (nSPS) is 14.5. The molecule has 0 unspecified atom stereocenters. The maximum Gasteiger partial charge on any atom is 0.573 e. The number of para-hydroxylation sites is 1. The summed E-state index contributed by atoms with van der Waals surface area (Å²) in [7, 11) is 1.50. The number of amides is 1. The monoisotopic (exact) mass is 561 g/mol. The zero-order valence-corrected chi connectivity index (χ0v) is 22.6. The molecule has 3 aromatic rings. The second-order valence-corrected chi connectivity index (χ2v) is 9.75. The van der Waals surface area contributed by atoms with Crippen molar-refractivity contribution in [3.05, 3.63) is 59.3 Å². The van der Waals surface area contributed by atoms with Crippen LogP contribution >= 0.6 is 0 Å². The third-order valence-electron chi connectivity index (χ3n) is 7.17. The highest BCUT2D eigenvalue weighted by Crippen LogP contribution is 2.37. The van der Waals surface area contributed by atoms with E-state index < -0.39 is 6.36 Å². The van der Waals surface area contributed by atoms with Crippen LogP contribution in [0.5, 0.6) is 11.5 Å². The van der Waals surface area contributed by atoms with Gasteiger partial charge in [-0.05, 0) is 42.0 Å². The Morgan fingerprint density at radius 1 is 1.10 bits per heavy atom. The first-order valence-corrected chi connectivity index (χ1v) is 13.3. The van der Waals surface area contributed by atoms with Crippen LogP contribution < -0.4 is 15.2 Å². The number of rotatable bonds is 11. The van der Waals surface area contributed by atoms with E-state index in [1.165, 1.54) is 19.2 Å². The first kappa shape index (κ1) is 29.4. The summed E-state index contributed by atoms with van der Waals surface area (Å²) < 4.78 is 56.1. The van der Waals surface area contributed by atoms with Gasteiger partial charge >= 0.3 is 6.36 Å². The summed E-state index contributed by atoms with van der Waals surface area (Å²) in [6.07, 6.45) is -1.60. The summed E-state index contributed by atoms with van der Waals surface area (Å²) in [5.41, 5.74) is 8.27. The van der Waals surface area contributed by atoms with Crippen LogP contribution in [-0.2, 0) is 22.6 Å². The van der Waals surface area contributed by atoms with Crippen LogP contribution in [0.25, 0.3) is 10.9 Å². The Kier molecular flexibility index (Phi) is 9.36. The van der Waals surface area contributed by atoms with Crippen LogP contribution in [0.15, 0.2) is 42.6 Å². The Bertz CT molecular complexity index is 1350. The molecule has 0 aliphatic carbocycles. The number of alkyl halides is 3. The number of Topliss-reactive ketones (excluding diaryl/α,β-unsaturated/α-hetero) is 1. The number of ether oxygens (including phenoxy) is 3. The minimum Gasteiger partial charge on any atom is -0.486 e. The molecule has 216 valence electrons. The van der Waals surface area contributed by atoms with Gasteiger partial charge in [0, 0.05) is 51.3 Å². The van der Waals surface area contributed by atoms with Crippen molar-refractivity contribution in [2.24, 2.45) is 5.73 Å². The van der Waals surface area contributed by atoms with E-state index in [9.17, 15) is 22.8 Å². The third-order valence-corrected chi connectivity index (χ3v) is 7.17. The zero-order chi connectivity index (χ0) is 28.9. The van der Waals surface area contributed by atoms with Crippen LogP contribution in [-0.4, -0.2) is 60.9 Å². The van der Waals surface area contributed by atoms with Gasteiger partial charge in [0.05, 0.1) is 17.7 Å². The molecule has 1 saturated heterocycles. The summed E-state index contributed by atoms with van der Waals surface area (Å²) >= 11 is 0. The van der Waals surface area contributed by atoms with Crippen molar-refractivity contribution in [3.8, 4) is 11.5 Å². The lowest BCUT2D eigenvalue weighted by molar-refractivity contribution is -0.274. The molecule has 0 bridgehead atoms. The van der Waals surface area contributed by atoms with Gasteiger partial charge in [0.1, 0.15) is 12.4 Å². The van der Waals surface area contributed by atoms with Gasteiger partial charge < -0.3 is 29.4 Å². The number of likely N-dealkylation sites (tertiary alicyclic amines) is 1. The first-order valence-electron chi connectivity index (χ1n) is 13.3. The topological polar surface area (TPSA) is 96.0 Å². The summed E-state index contributed by atoms with van der Waals surface area (Å²) in [6, 6.07) is 10.0. The molecule has 2 N–H and O–H groups in total. The van der Waals surface area contributed by atoms with Gasteiger partial charge in [-0.25, -0.2) is 0 Å². The first-order chi connectivity index (χ1) is 19.1. The molecule has 1 amide bonds. The van der Waals surface area contributed by atoms with Crippen LogP contribution in [0, 0.1) is 0 Å². The number of hydrogen-bond acceptors (Lipinski definition) is 6. The number of benzene rings is 2. The van der Waals surface area contributed by atoms with E-state index in [1.807, 2.05) is 18.2 Å². The molecule has 0 saturated carbocycles. The van der Waals surface area contributed by atoms with Crippen LogP contribution in [0.2, 0.25) is 0 Å². The number of nitrogens with zero attached hydrogens (tertiary/aromatic N) is 2. The number of nitrogens with two attached hydrogens (primary N) is 1. The molecule has 0 spiro atoms. The number of piperidine rings is 1. The predicted molar refractivity (Wildman–Crippen MR) is 144 cm³/mol. The number of ketones is 1. The smallest absolute Gasteiger partial charge is 0.486 e. The fourth-order valence-electron chi connectivity index (χ4n) is 5.07. The lowest BCUT2D eigenvalue weighted by Crippen LogP contribution is -2.38. The Labute approximate surface area is 230 Å². The Balaban J connectivity index is 1.56. The standard InChI is InChI=1S/C29H34F3N3O5/c1-3-21(36)18-39-25-8-7-19(16-33)15-23(25)20-9-11-34(12-10-20)28(37)24-17-35(13-14-38-2)27-22(24)5-4-6-26(27)40-29(30,31)32/h4-8,15,17,20H,3,9-14,16,18,33H2,1-2H3. The van der Waals surface area contributed by atoms with Crippen LogP contribution in [0.3, 0.4) is 0 Å². The number of halogens is 3. The zero-order valence-electron chi connectivity index (χ0n) is 22.6. The quantitative estimate of drug-likeness (QED) is 0.353. The molecular formula is C29H34F3N3O5. The van der Waals surface area contributed by atoms with Gasteiger partial charge in [0.15, 0.2) is 11.5 Å². The van der Waals surface area contributed by atoms with Crippen molar-refractivity contribution >= 4 is 22.6 Å². The Morgan fingerprint density at radius 2 is 1.85 bits per heavy atom. The highest BCUT2D eigenvalue weighted by atomic mass is 19.4. The number of carbonyl (C=O) groups is 2. The summed E-state index contributed by atoms with van der Waals surface area (Å²) in [5.74, 6) is 0.110. The molecule has 2 aromatic carbocycles. The van der Waals surface area contributed by atoms with E-state index in [0.29, 0.717) is 55.6 Å². The van der Waals surface area contributed by atoms with Gasteiger partial charge in [0.2, 0.25) is 0 Å². The van der Waals surface area contributed by atoms with Gasteiger partial charge in [-0.2, -0.15) is 0 Å². The largest absolute Gasteiger partial charge is 0.573 e. The summed E-state index contributed by atoms with van der Waals surface area (Å²) in [4.78, 5) is 27.2. The van der Waals surface area contributed by atoms with Crippen molar-refractivity contribution in [1.29, 1.82) is 0 Å². The highest BCUT2D eigenvalue weighted by Gasteiger charge is 2.34. The third kappa shape index (κ3) is 6.76. The van der Waals surface area contributed by atoms with Crippen molar-refractivity contribution in [2.75, 3.05) is 33.4 Å². The number of methoxy groups -OCH3 is 1. The Hall–Kier alpha value is -3.57. The highest BCUT2D eigenvalue weighted by molar-refractivity contribution is 6.08. The summed E-state index contributed by atoms with van der Waals surface area (Å²) in [6.45, 7) is 3.55. The maximum absolute atomic E-state index is 13.7. The average Bonchev–Trinajstić information content (AvgIpc) is 3.33.